The molecular formula is C20H18N2O7S. The van der Waals surface area contributed by atoms with Crippen LogP contribution in [-0.2, 0) is 27.9 Å². The van der Waals surface area contributed by atoms with Crippen LogP contribution in [0.15, 0.2) is 70.2 Å². The Kier molecular flexibility index (Phi) is 6.28. The minimum Gasteiger partial charge on any atom is -0.468 e. The molecule has 3 aromatic rings. The van der Waals surface area contributed by atoms with Crippen molar-refractivity contribution in [2.75, 3.05) is 0 Å². The first-order valence-corrected chi connectivity index (χ1v) is 10.3. The average Bonchev–Trinajstić information content (AvgIpc) is 3.24. The van der Waals surface area contributed by atoms with Gasteiger partial charge in [0.15, 0.2) is 0 Å². The van der Waals surface area contributed by atoms with Gasteiger partial charge in [0.2, 0.25) is 10.0 Å². The fourth-order valence-corrected chi connectivity index (χ4v) is 3.70. The first-order chi connectivity index (χ1) is 14.3. The highest BCUT2D eigenvalue weighted by Gasteiger charge is 2.20. The van der Waals surface area contributed by atoms with Crippen LogP contribution in [0.4, 0.5) is 5.69 Å². The van der Waals surface area contributed by atoms with Crippen LogP contribution in [0, 0.1) is 17.0 Å². The van der Waals surface area contributed by atoms with Crippen LogP contribution in [-0.4, -0.2) is 19.3 Å². The molecule has 0 aliphatic carbocycles. The Bertz CT molecular complexity index is 1170. The molecule has 1 N–H and O–H groups in total. The van der Waals surface area contributed by atoms with Crippen molar-refractivity contribution in [3.05, 3.63) is 93.4 Å². The fourth-order valence-electron chi connectivity index (χ4n) is 2.68. The third kappa shape index (κ3) is 4.91. The maximum atomic E-state index is 12.5. The summed E-state index contributed by atoms with van der Waals surface area (Å²) >= 11 is 0. The van der Waals surface area contributed by atoms with Gasteiger partial charge in [-0.05, 0) is 42.8 Å². The number of aryl methyl sites for hydroxylation is 1. The second-order valence-corrected chi connectivity index (χ2v) is 8.11. The van der Waals surface area contributed by atoms with Crippen molar-refractivity contribution in [1.82, 2.24) is 4.72 Å². The summed E-state index contributed by atoms with van der Waals surface area (Å²) in [7, 11) is -3.90. The van der Waals surface area contributed by atoms with E-state index in [2.05, 4.69) is 4.72 Å². The Morgan fingerprint density at radius 3 is 2.63 bits per heavy atom. The summed E-state index contributed by atoms with van der Waals surface area (Å²) in [6, 6.07) is 13.2. The van der Waals surface area contributed by atoms with Gasteiger partial charge in [-0.15, -0.1) is 0 Å². The number of esters is 1. The lowest BCUT2D eigenvalue weighted by atomic mass is 10.1. The second kappa shape index (κ2) is 8.89. The molecule has 0 bridgehead atoms. The molecule has 0 aliphatic heterocycles. The first-order valence-electron chi connectivity index (χ1n) is 8.80. The Labute approximate surface area is 172 Å². The van der Waals surface area contributed by atoms with Crippen LogP contribution < -0.4 is 4.72 Å². The molecule has 0 saturated heterocycles. The molecule has 2 aromatic carbocycles. The maximum absolute atomic E-state index is 12.5. The number of rotatable bonds is 8. The summed E-state index contributed by atoms with van der Waals surface area (Å²) in [5.74, 6) is -0.344. The largest absolute Gasteiger partial charge is 0.468 e. The lowest BCUT2D eigenvalue weighted by molar-refractivity contribution is -0.385. The van der Waals surface area contributed by atoms with Crippen LogP contribution in [0.5, 0.6) is 0 Å². The van der Waals surface area contributed by atoms with Crippen molar-refractivity contribution in [3.63, 3.8) is 0 Å². The number of nitrogens with one attached hydrogen (secondary N) is 1. The van der Waals surface area contributed by atoms with Gasteiger partial charge in [0.25, 0.3) is 5.69 Å². The van der Waals surface area contributed by atoms with E-state index in [1.54, 1.807) is 25.1 Å². The van der Waals surface area contributed by atoms with Crippen LogP contribution in [0.2, 0.25) is 0 Å². The highest BCUT2D eigenvalue weighted by atomic mass is 32.2. The molecule has 1 heterocycles. The monoisotopic (exact) mass is 430 g/mol. The van der Waals surface area contributed by atoms with E-state index in [1.807, 2.05) is 0 Å². The number of hydrogen-bond acceptors (Lipinski definition) is 7. The number of nitro benzene ring substituents is 1. The highest BCUT2D eigenvalue weighted by Crippen LogP contribution is 2.21. The van der Waals surface area contributed by atoms with E-state index in [9.17, 15) is 23.3 Å². The molecule has 0 radical (unpaired) electrons. The van der Waals surface area contributed by atoms with Gasteiger partial charge < -0.3 is 9.15 Å². The van der Waals surface area contributed by atoms with Crippen molar-refractivity contribution in [2.24, 2.45) is 0 Å². The lowest BCUT2D eigenvalue weighted by Crippen LogP contribution is -2.23. The Hall–Kier alpha value is -3.50. The molecule has 3 rings (SSSR count). The number of benzene rings is 2. The van der Waals surface area contributed by atoms with E-state index in [0.717, 1.165) is 0 Å². The third-order valence-electron chi connectivity index (χ3n) is 4.30. The second-order valence-electron chi connectivity index (χ2n) is 6.34. The number of carbonyl (C=O) groups is 1. The SMILES string of the molecule is Cc1ccc(S(=O)(=O)NCc2ccco2)cc1C(=O)OCc1ccccc1[N+](=O)[O-]. The summed E-state index contributed by atoms with van der Waals surface area (Å²) in [5, 5.41) is 11.1. The smallest absolute Gasteiger partial charge is 0.338 e. The number of nitrogens with zero attached hydrogens (tertiary/aromatic N) is 1. The molecule has 0 unspecified atom stereocenters. The van der Waals surface area contributed by atoms with Gasteiger partial charge in [0.1, 0.15) is 12.4 Å². The summed E-state index contributed by atoms with van der Waals surface area (Å²) in [6.07, 6.45) is 1.43. The van der Waals surface area contributed by atoms with Gasteiger partial charge in [-0.3, -0.25) is 10.1 Å². The van der Waals surface area contributed by atoms with Gasteiger partial charge in [0, 0.05) is 6.07 Å². The summed E-state index contributed by atoms with van der Waals surface area (Å²) in [5.41, 5.74) is 0.625. The van der Waals surface area contributed by atoms with Crippen molar-refractivity contribution in [3.8, 4) is 0 Å². The van der Waals surface area contributed by atoms with Crippen molar-refractivity contribution >= 4 is 21.7 Å². The van der Waals surface area contributed by atoms with E-state index in [-0.39, 0.29) is 34.9 Å². The summed E-state index contributed by atoms with van der Waals surface area (Å²) in [6.45, 7) is 1.28. The van der Waals surface area contributed by atoms with Gasteiger partial charge >= 0.3 is 5.97 Å². The molecule has 0 aliphatic rings. The Balaban J connectivity index is 1.76. The first kappa shape index (κ1) is 21.2. The van der Waals surface area contributed by atoms with Gasteiger partial charge in [0.05, 0.1) is 33.8 Å². The number of para-hydroxylation sites is 1. The number of hydrogen-bond donors (Lipinski definition) is 1. The van der Waals surface area contributed by atoms with E-state index >= 15 is 0 Å². The van der Waals surface area contributed by atoms with E-state index in [4.69, 9.17) is 9.15 Å². The minimum absolute atomic E-state index is 0.0410. The zero-order valence-corrected chi connectivity index (χ0v) is 16.7. The number of carbonyl (C=O) groups excluding carboxylic acids is 1. The predicted molar refractivity (Wildman–Crippen MR) is 106 cm³/mol. The molecule has 30 heavy (non-hydrogen) atoms. The molecular weight excluding hydrogens is 412 g/mol. The molecule has 0 saturated carbocycles. The number of furan rings is 1. The standard InChI is InChI=1S/C20H18N2O7S/c1-14-8-9-17(30(26,27)21-12-16-6-4-10-28-16)11-18(14)20(23)29-13-15-5-2-3-7-19(15)22(24)25/h2-11,21H,12-13H2,1H3. The van der Waals surface area contributed by atoms with Crippen LogP contribution in [0.25, 0.3) is 0 Å². The van der Waals surface area contributed by atoms with E-state index in [1.165, 1.54) is 42.7 Å². The topological polar surface area (TPSA) is 129 Å². The minimum atomic E-state index is -3.90. The number of nitro groups is 1. The molecule has 156 valence electrons. The number of sulfonamides is 1. The Morgan fingerprint density at radius 2 is 1.93 bits per heavy atom. The normalized spacial score (nSPS) is 11.2. The third-order valence-corrected chi connectivity index (χ3v) is 5.70. The Morgan fingerprint density at radius 1 is 1.17 bits per heavy atom. The van der Waals surface area contributed by atoms with E-state index < -0.39 is 20.9 Å². The van der Waals surface area contributed by atoms with Crippen molar-refractivity contribution in [2.45, 2.75) is 25.0 Å². The summed E-state index contributed by atoms with van der Waals surface area (Å²) in [4.78, 5) is 22.9. The van der Waals surface area contributed by atoms with Crippen LogP contribution in [0.1, 0.15) is 27.2 Å². The molecule has 0 atom stereocenters. The highest BCUT2D eigenvalue weighted by molar-refractivity contribution is 7.89. The van der Waals surface area contributed by atoms with Crippen molar-refractivity contribution < 1.29 is 27.3 Å². The lowest BCUT2D eigenvalue weighted by Gasteiger charge is -2.11. The molecule has 0 fully saturated rings. The van der Waals surface area contributed by atoms with Gasteiger partial charge in [-0.2, -0.15) is 0 Å². The molecule has 10 heteroatoms. The molecule has 9 nitrogen and oxygen atoms in total. The fraction of sp³-hybridized carbons (Fsp3) is 0.150. The quantitative estimate of drug-likeness (QED) is 0.330. The average molecular weight is 430 g/mol. The van der Waals surface area contributed by atoms with Crippen LogP contribution >= 0.6 is 0 Å². The molecule has 0 amide bonds. The molecule has 0 spiro atoms. The van der Waals surface area contributed by atoms with Crippen molar-refractivity contribution in [1.29, 1.82) is 0 Å². The number of ether oxygens (including phenoxy) is 1. The van der Waals surface area contributed by atoms with Gasteiger partial charge in [-0.1, -0.05) is 18.2 Å². The summed E-state index contributed by atoms with van der Waals surface area (Å²) < 4.78 is 37.8. The zero-order valence-electron chi connectivity index (χ0n) is 15.9. The zero-order chi connectivity index (χ0) is 21.7. The van der Waals surface area contributed by atoms with Crippen LogP contribution in [0.3, 0.4) is 0 Å². The van der Waals surface area contributed by atoms with Gasteiger partial charge in [-0.25, -0.2) is 17.9 Å². The predicted octanol–water partition coefficient (Wildman–Crippen LogP) is 3.33. The molecule has 1 aromatic heterocycles. The van der Waals surface area contributed by atoms with E-state index in [0.29, 0.717) is 11.3 Å². The maximum Gasteiger partial charge on any atom is 0.338 e.